The lowest BCUT2D eigenvalue weighted by Gasteiger charge is -2.24. The summed E-state index contributed by atoms with van der Waals surface area (Å²) in [5, 5.41) is 10.5. The average molecular weight is 400 g/mol. The van der Waals surface area contributed by atoms with Crippen molar-refractivity contribution in [2.45, 2.75) is 25.8 Å². The summed E-state index contributed by atoms with van der Waals surface area (Å²) in [5.74, 6) is -0.946. The van der Waals surface area contributed by atoms with Gasteiger partial charge in [-0.15, -0.1) is 5.10 Å². The number of hydrogen-bond donors (Lipinski definition) is 1. The van der Waals surface area contributed by atoms with E-state index in [9.17, 15) is 13.6 Å². The molecule has 1 aliphatic rings. The Labute approximate surface area is 165 Å². The lowest BCUT2D eigenvalue weighted by Crippen LogP contribution is -2.27. The molecule has 3 aromatic rings. The number of carbonyl (C=O) groups is 1. The van der Waals surface area contributed by atoms with Crippen LogP contribution in [0.4, 0.5) is 8.78 Å². The van der Waals surface area contributed by atoms with Crippen molar-refractivity contribution in [2.75, 3.05) is 7.11 Å². The molecule has 0 fully saturated rings. The first-order valence-electron chi connectivity index (χ1n) is 8.95. The highest BCUT2D eigenvalue weighted by Gasteiger charge is 2.27. The fraction of sp³-hybridized carbons (Fsp3) is 0.250. The van der Waals surface area contributed by atoms with Gasteiger partial charge in [0.15, 0.2) is 5.69 Å². The van der Waals surface area contributed by atoms with E-state index in [-0.39, 0.29) is 30.5 Å². The van der Waals surface area contributed by atoms with Gasteiger partial charge >= 0.3 is 0 Å². The second-order valence-electron chi connectivity index (χ2n) is 6.56. The zero-order valence-corrected chi connectivity index (χ0v) is 15.6. The predicted molar refractivity (Wildman–Crippen MR) is 98.1 cm³/mol. The Kier molecular flexibility index (Phi) is 5.22. The third kappa shape index (κ3) is 3.95. The number of carbonyl (C=O) groups excluding carboxylic acids is 1. The van der Waals surface area contributed by atoms with Gasteiger partial charge in [-0.3, -0.25) is 4.79 Å². The van der Waals surface area contributed by atoms with Crippen molar-refractivity contribution in [2.24, 2.45) is 0 Å². The summed E-state index contributed by atoms with van der Waals surface area (Å²) in [6, 6.07) is 10.6. The van der Waals surface area contributed by atoms with Crippen LogP contribution >= 0.6 is 0 Å². The van der Waals surface area contributed by atoms with Crippen LogP contribution in [0.3, 0.4) is 0 Å². The molecular weight excluding hydrogens is 382 g/mol. The monoisotopic (exact) mass is 400 g/mol. The zero-order valence-electron chi connectivity index (χ0n) is 15.6. The number of aromatic nitrogens is 3. The highest BCUT2D eigenvalue weighted by molar-refractivity contribution is 5.93. The smallest absolute Gasteiger partial charge is 0.274 e. The van der Waals surface area contributed by atoms with Crippen LogP contribution in [0.5, 0.6) is 5.75 Å². The first-order chi connectivity index (χ1) is 14.0. The molecule has 1 atom stereocenters. The molecule has 0 radical (unpaired) electrons. The van der Waals surface area contributed by atoms with Crippen LogP contribution in [-0.2, 0) is 24.4 Å². The molecule has 29 heavy (non-hydrogen) atoms. The van der Waals surface area contributed by atoms with Crippen molar-refractivity contribution in [3.05, 3.63) is 76.6 Å². The van der Waals surface area contributed by atoms with E-state index >= 15 is 0 Å². The quantitative estimate of drug-likeness (QED) is 0.713. The molecule has 1 aromatic heterocycles. The molecule has 0 unspecified atom stereocenters. The van der Waals surface area contributed by atoms with Crippen molar-refractivity contribution in [1.29, 1.82) is 0 Å². The van der Waals surface area contributed by atoms with Gasteiger partial charge in [-0.2, -0.15) is 0 Å². The molecule has 0 bridgehead atoms. The Balaban J connectivity index is 1.44. The number of amides is 1. The standard InChI is InChI=1S/C20H18F2N4O3/c1-28-15-5-2-12(3-6-15)18-10-26-17(11-29-18)19(24-25-26)20(27)23-9-13-8-14(21)4-7-16(13)22/h2-8,18H,9-11H2,1H3,(H,23,27)/t18-/m1/s1. The Morgan fingerprint density at radius 1 is 1.28 bits per heavy atom. The molecule has 0 saturated carbocycles. The van der Waals surface area contributed by atoms with Gasteiger partial charge in [0.2, 0.25) is 0 Å². The highest BCUT2D eigenvalue weighted by Crippen LogP contribution is 2.28. The molecule has 2 aromatic carbocycles. The van der Waals surface area contributed by atoms with Crippen LogP contribution < -0.4 is 10.1 Å². The fourth-order valence-corrected chi connectivity index (χ4v) is 3.15. The molecule has 7 nitrogen and oxygen atoms in total. The van der Waals surface area contributed by atoms with Crippen LogP contribution in [0.1, 0.15) is 33.4 Å². The number of rotatable bonds is 5. The highest BCUT2D eigenvalue weighted by atomic mass is 19.1. The van der Waals surface area contributed by atoms with Gasteiger partial charge in [0, 0.05) is 12.1 Å². The molecule has 1 aliphatic heterocycles. The topological polar surface area (TPSA) is 78.3 Å². The maximum Gasteiger partial charge on any atom is 0.274 e. The van der Waals surface area contributed by atoms with E-state index < -0.39 is 17.5 Å². The number of halogens is 2. The van der Waals surface area contributed by atoms with Crippen LogP contribution in [-0.4, -0.2) is 28.0 Å². The number of methoxy groups -OCH3 is 1. The summed E-state index contributed by atoms with van der Waals surface area (Å²) in [7, 11) is 1.60. The van der Waals surface area contributed by atoms with Gasteiger partial charge < -0.3 is 14.8 Å². The minimum Gasteiger partial charge on any atom is -0.497 e. The van der Waals surface area contributed by atoms with Crippen molar-refractivity contribution in [3.63, 3.8) is 0 Å². The van der Waals surface area contributed by atoms with Gasteiger partial charge in [0.05, 0.1) is 26.0 Å². The summed E-state index contributed by atoms with van der Waals surface area (Å²) < 4.78 is 39.6. The van der Waals surface area contributed by atoms with Crippen molar-refractivity contribution < 1.29 is 23.0 Å². The Hall–Kier alpha value is -3.33. The minimum absolute atomic E-state index is 0.0511. The molecule has 0 saturated heterocycles. The van der Waals surface area contributed by atoms with Gasteiger partial charge in [0.1, 0.15) is 23.5 Å². The van der Waals surface area contributed by atoms with Crippen molar-refractivity contribution >= 4 is 5.91 Å². The number of ether oxygens (including phenoxy) is 2. The fourth-order valence-electron chi connectivity index (χ4n) is 3.15. The van der Waals surface area contributed by atoms with E-state index in [1.807, 2.05) is 24.3 Å². The van der Waals surface area contributed by atoms with E-state index in [4.69, 9.17) is 9.47 Å². The summed E-state index contributed by atoms with van der Waals surface area (Å²) in [4.78, 5) is 12.5. The normalized spacial score (nSPS) is 15.6. The molecule has 1 N–H and O–H groups in total. The maximum absolute atomic E-state index is 13.7. The molecule has 0 aliphatic carbocycles. The van der Waals surface area contributed by atoms with Crippen molar-refractivity contribution in [1.82, 2.24) is 20.3 Å². The molecular formula is C20H18F2N4O3. The van der Waals surface area contributed by atoms with Gasteiger partial charge in [-0.05, 0) is 35.9 Å². The van der Waals surface area contributed by atoms with Crippen LogP contribution in [0.15, 0.2) is 42.5 Å². The largest absolute Gasteiger partial charge is 0.497 e. The number of benzene rings is 2. The lowest BCUT2D eigenvalue weighted by atomic mass is 10.1. The predicted octanol–water partition coefficient (Wildman–Crippen LogP) is 2.77. The number of nitrogens with one attached hydrogen (secondary N) is 1. The Morgan fingerprint density at radius 2 is 2.07 bits per heavy atom. The maximum atomic E-state index is 13.7. The molecule has 0 spiro atoms. The van der Waals surface area contributed by atoms with E-state index in [1.165, 1.54) is 0 Å². The summed E-state index contributed by atoms with van der Waals surface area (Å²) in [6.45, 7) is 0.394. The molecule has 4 rings (SSSR count). The average Bonchev–Trinajstić information content (AvgIpc) is 3.17. The second kappa shape index (κ2) is 7.96. The van der Waals surface area contributed by atoms with Crippen LogP contribution in [0, 0.1) is 11.6 Å². The summed E-state index contributed by atoms with van der Waals surface area (Å²) in [5.41, 5.74) is 1.65. The van der Waals surface area contributed by atoms with Gasteiger partial charge in [-0.25, -0.2) is 13.5 Å². The third-order valence-electron chi connectivity index (χ3n) is 4.75. The number of hydrogen-bond acceptors (Lipinski definition) is 5. The number of fused-ring (bicyclic) bond motifs is 1. The second-order valence-corrected chi connectivity index (χ2v) is 6.56. The zero-order chi connectivity index (χ0) is 20.4. The summed E-state index contributed by atoms with van der Waals surface area (Å²) >= 11 is 0. The van der Waals surface area contributed by atoms with E-state index in [2.05, 4.69) is 15.6 Å². The lowest BCUT2D eigenvalue weighted by molar-refractivity contribution is -0.00179. The van der Waals surface area contributed by atoms with E-state index in [0.29, 0.717) is 12.2 Å². The van der Waals surface area contributed by atoms with Crippen molar-refractivity contribution in [3.8, 4) is 5.75 Å². The Bertz CT molecular complexity index is 1040. The van der Waals surface area contributed by atoms with E-state index in [0.717, 1.165) is 29.5 Å². The molecule has 9 heteroatoms. The Morgan fingerprint density at radius 3 is 2.83 bits per heavy atom. The molecule has 150 valence electrons. The minimum atomic E-state index is -0.595. The van der Waals surface area contributed by atoms with Gasteiger partial charge in [0.25, 0.3) is 5.91 Å². The summed E-state index contributed by atoms with van der Waals surface area (Å²) in [6.07, 6.45) is -0.229. The first-order valence-corrected chi connectivity index (χ1v) is 8.95. The molecule has 1 amide bonds. The SMILES string of the molecule is COc1ccc([C@H]2Cn3nnc(C(=O)NCc4cc(F)ccc4F)c3CO2)cc1. The van der Waals surface area contributed by atoms with E-state index in [1.54, 1.807) is 11.8 Å². The van der Waals surface area contributed by atoms with Gasteiger partial charge in [-0.1, -0.05) is 17.3 Å². The first kappa shape index (κ1) is 19.0. The van der Waals surface area contributed by atoms with Crippen LogP contribution in [0.25, 0.3) is 0 Å². The number of nitrogens with zero attached hydrogens (tertiary/aromatic N) is 3. The molecule has 2 heterocycles. The third-order valence-corrected chi connectivity index (χ3v) is 4.75. The van der Waals surface area contributed by atoms with Crippen LogP contribution in [0.2, 0.25) is 0 Å².